The summed E-state index contributed by atoms with van der Waals surface area (Å²) in [6, 6.07) is 0. The van der Waals surface area contributed by atoms with E-state index in [9.17, 15) is 0 Å². The highest BCUT2D eigenvalue weighted by molar-refractivity contribution is 4.90. The van der Waals surface area contributed by atoms with Gasteiger partial charge in [0.2, 0.25) is 0 Å². The summed E-state index contributed by atoms with van der Waals surface area (Å²) in [5, 5.41) is 0. The maximum absolute atomic E-state index is 6.14. The van der Waals surface area contributed by atoms with E-state index < -0.39 is 0 Å². The van der Waals surface area contributed by atoms with Gasteiger partial charge in [-0.2, -0.15) is 0 Å². The van der Waals surface area contributed by atoms with Crippen molar-refractivity contribution in [2.24, 2.45) is 5.73 Å². The van der Waals surface area contributed by atoms with Crippen LogP contribution < -0.4 is 5.73 Å². The molecule has 0 atom stereocenters. The molecular weight excluding hydrogens is 222 g/mol. The van der Waals surface area contributed by atoms with E-state index in [4.69, 9.17) is 5.73 Å². The Bertz CT molecular complexity index is 186. The van der Waals surface area contributed by atoms with Crippen LogP contribution >= 0.6 is 0 Å². The molecule has 0 fully saturated rings. The number of nitrogens with zero attached hydrogens (tertiary/aromatic N) is 2. The summed E-state index contributed by atoms with van der Waals surface area (Å²) < 4.78 is 0. The van der Waals surface area contributed by atoms with Crippen molar-refractivity contribution in [3.05, 3.63) is 0 Å². The fraction of sp³-hybridized carbons (Fsp3) is 1.00. The first-order chi connectivity index (χ1) is 8.56. The van der Waals surface area contributed by atoms with E-state index in [1.165, 1.54) is 38.6 Å². The maximum atomic E-state index is 6.14. The van der Waals surface area contributed by atoms with E-state index in [1.807, 2.05) is 0 Å². The smallest absolute Gasteiger partial charge is 0.0331 e. The quantitative estimate of drug-likeness (QED) is 0.617. The zero-order valence-electron chi connectivity index (χ0n) is 13.3. The van der Waals surface area contributed by atoms with Gasteiger partial charge in [0.15, 0.2) is 0 Å². The second-order valence-electron chi connectivity index (χ2n) is 5.66. The van der Waals surface area contributed by atoms with Gasteiger partial charge in [-0.25, -0.2) is 0 Å². The van der Waals surface area contributed by atoms with Crippen LogP contribution in [0.4, 0.5) is 0 Å². The topological polar surface area (TPSA) is 32.5 Å². The van der Waals surface area contributed by atoms with Crippen molar-refractivity contribution in [3.8, 4) is 0 Å². The zero-order valence-corrected chi connectivity index (χ0v) is 13.3. The minimum absolute atomic E-state index is 0.241. The molecule has 0 aromatic rings. The van der Waals surface area contributed by atoms with E-state index in [2.05, 4.69) is 44.7 Å². The van der Waals surface area contributed by atoms with Gasteiger partial charge in [-0.1, -0.05) is 33.6 Å². The van der Waals surface area contributed by atoms with Crippen LogP contribution in [0, 0.1) is 0 Å². The maximum Gasteiger partial charge on any atom is 0.0331 e. The van der Waals surface area contributed by atoms with E-state index >= 15 is 0 Å². The highest BCUT2D eigenvalue weighted by atomic mass is 15.2. The van der Waals surface area contributed by atoms with Crippen LogP contribution in [-0.2, 0) is 0 Å². The standard InChI is InChI=1S/C15H35N3/c1-6-10-15(14-16,11-7-2)18(8-3)13-9-12-17(4)5/h6-14,16H2,1-5H3. The van der Waals surface area contributed by atoms with Crippen LogP contribution in [0.5, 0.6) is 0 Å². The Morgan fingerprint density at radius 2 is 1.50 bits per heavy atom. The Hall–Kier alpha value is -0.120. The first kappa shape index (κ1) is 17.9. The lowest BCUT2D eigenvalue weighted by molar-refractivity contribution is 0.0763. The van der Waals surface area contributed by atoms with Gasteiger partial charge in [0.05, 0.1) is 0 Å². The van der Waals surface area contributed by atoms with Gasteiger partial charge in [0.1, 0.15) is 0 Å². The van der Waals surface area contributed by atoms with Crippen LogP contribution in [0.15, 0.2) is 0 Å². The molecule has 0 unspecified atom stereocenters. The van der Waals surface area contributed by atoms with Gasteiger partial charge >= 0.3 is 0 Å². The molecule has 0 saturated carbocycles. The normalized spacial score (nSPS) is 12.7. The minimum Gasteiger partial charge on any atom is -0.329 e. The first-order valence-corrected chi connectivity index (χ1v) is 7.66. The van der Waals surface area contributed by atoms with Crippen LogP contribution in [0.2, 0.25) is 0 Å². The van der Waals surface area contributed by atoms with Crippen LogP contribution in [0.3, 0.4) is 0 Å². The van der Waals surface area contributed by atoms with Crippen LogP contribution in [0.1, 0.15) is 52.9 Å². The molecule has 110 valence electrons. The number of nitrogens with two attached hydrogens (primary N) is 1. The summed E-state index contributed by atoms with van der Waals surface area (Å²) in [6.45, 7) is 11.1. The molecule has 0 saturated heterocycles. The Kier molecular flexibility index (Phi) is 9.70. The van der Waals surface area contributed by atoms with Gasteiger partial charge < -0.3 is 10.6 Å². The molecule has 3 nitrogen and oxygen atoms in total. The summed E-state index contributed by atoms with van der Waals surface area (Å²) >= 11 is 0. The molecule has 0 heterocycles. The van der Waals surface area contributed by atoms with Gasteiger partial charge in [-0.05, 0) is 53.0 Å². The fourth-order valence-electron chi connectivity index (χ4n) is 3.01. The Morgan fingerprint density at radius 1 is 0.944 bits per heavy atom. The number of rotatable bonds is 11. The third kappa shape index (κ3) is 5.68. The summed E-state index contributed by atoms with van der Waals surface area (Å²) in [5.74, 6) is 0. The number of hydrogen-bond donors (Lipinski definition) is 1. The Balaban J connectivity index is 4.57. The Labute approximate surface area is 115 Å². The lowest BCUT2D eigenvalue weighted by Gasteiger charge is -2.43. The van der Waals surface area contributed by atoms with Gasteiger partial charge in [0, 0.05) is 12.1 Å². The molecule has 0 aromatic heterocycles. The lowest BCUT2D eigenvalue weighted by Crippen LogP contribution is -2.54. The third-order valence-electron chi connectivity index (χ3n) is 3.90. The monoisotopic (exact) mass is 257 g/mol. The van der Waals surface area contributed by atoms with Crippen LogP contribution in [0.25, 0.3) is 0 Å². The minimum atomic E-state index is 0.241. The highest BCUT2D eigenvalue weighted by Gasteiger charge is 2.32. The number of likely N-dealkylation sites (N-methyl/N-ethyl adjacent to an activating group) is 1. The fourth-order valence-corrected chi connectivity index (χ4v) is 3.01. The molecule has 0 rings (SSSR count). The molecular formula is C15H35N3. The molecule has 0 aliphatic rings. The second-order valence-corrected chi connectivity index (χ2v) is 5.66. The van der Waals surface area contributed by atoms with E-state index in [-0.39, 0.29) is 5.54 Å². The Morgan fingerprint density at radius 3 is 1.83 bits per heavy atom. The second kappa shape index (κ2) is 9.76. The molecule has 0 amide bonds. The van der Waals surface area contributed by atoms with Crippen molar-refractivity contribution in [3.63, 3.8) is 0 Å². The summed E-state index contributed by atoms with van der Waals surface area (Å²) in [4.78, 5) is 4.89. The third-order valence-corrected chi connectivity index (χ3v) is 3.90. The van der Waals surface area contributed by atoms with Crippen molar-refractivity contribution in [1.29, 1.82) is 0 Å². The van der Waals surface area contributed by atoms with E-state index in [0.717, 1.165) is 19.6 Å². The molecule has 18 heavy (non-hydrogen) atoms. The predicted octanol–water partition coefficient (Wildman–Crippen LogP) is 2.56. The average Bonchev–Trinajstić information content (AvgIpc) is 2.34. The predicted molar refractivity (Wildman–Crippen MR) is 82.0 cm³/mol. The summed E-state index contributed by atoms with van der Waals surface area (Å²) in [6.07, 6.45) is 6.14. The molecule has 0 spiro atoms. The van der Waals surface area contributed by atoms with E-state index in [1.54, 1.807) is 0 Å². The SMILES string of the molecule is CCCC(CN)(CCC)N(CC)CCCN(C)C. The van der Waals surface area contributed by atoms with Gasteiger partial charge in [-0.3, -0.25) is 4.90 Å². The van der Waals surface area contributed by atoms with E-state index in [0.29, 0.717) is 0 Å². The summed E-state index contributed by atoms with van der Waals surface area (Å²) in [7, 11) is 4.29. The van der Waals surface area contributed by atoms with Crippen molar-refractivity contribution in [2.45, 2.75) is 58.4 Å². The molecule has 0 aliphatic carbocycles. The zero-order chi connectivity index (χ0) is 14.0. The largest absolute Gasteiger partial charge is 0.329 e. The van der Waals surface area contributed by atoms with Gasteiger partial charge in [-0.15, -0.1) is 0 Å². The van der Waals surface area contributed by atoms with Crippen molar-refractivity contribution in [2.75, 3.05) is 40.3 Å². The first-order valence-electron chi connectivity index (χ1n) is 7.66. The van der Waals surface area contributed by atoms with Gasteiger partial charge in [0.25, 0.3) is 0 Å². The average molecular weight is 257 g/mol. The van der Waals surface area contributed by atoms with Crippen molar-refractivity contribution >= 4 is 0 Å². The highest BCUT2D eigenvalue weighted by Crippen LogP contribution is 2.26. The van der Waals surface area contributed by atoms with Crippen molar-refractivity contribution in [1.82, 2.24) is 9.80 Å². The summed E-state index contributed by atoms with van der Waals surface area (Å²) in [5.41, 5.74) is 6.38. The molecule has 2 N–H and O–H groups in total. The molecule has 0 aliphatic heterocycles. The molecule has 0 bridgehead atoms. The lowest BCUT2D eigenvalue weighted by atomic mass is 9.86. The number of hydrogen-bond acceptors (Lipinski definition) is 3. The van der Waals surface area contributed by atoms with Crippen LogP contribution in [-0.4, -0.2) is 55.6 Å². The molecule has 3 heteroatoms. The molecule has 0 aromatic carbocycles. The molecule has 0 radical (unpaired) electrons. The van der Waals surface area contributed by atoms with Crippen molar-refractivity contribution < 1.29 is 0 Å².